The van der Waals surface area contributed by atoms with E-state index in [4.69, 9.17) is 139 Å². The van der Waals surface area contributed by atoms with E-state index in [2.05, 4.69) is 0 Å². The molecule has 0 aromatic heterocycles. The largest absolute Gasteiger partial charge is 0.175 e. The van der Waals surface area contributed by atoms with Crippen LogP contribution in [-0.2, 0) is 0 Å². The summed E-state index contributed by atoms with van der Waals surface area (Å²) >= 11 is 82.2. The van der Waals surface area contributed by atoms with Crippen LogP contribution in [0.1, 0.15) is 38.5 Å². The van der Waals surface area contributed by atoms with Gasteiger partial charge < -0.3 is 0 Å². The van der Waals surface area contributed by atoms with Crippen molar-refractivity contribution < 1.29 is 0 Å². The summed E-state index contributed by atoms with van der Waals surface area (Å²) in [6.07, 6.45) is 4.40. The standard InChI is InChI=1S/C17H16Cl12/c18-9-5-7-3-1-2-4-8(7)10-11(19)6-12(11,20)15(24,25)17(28,29)13(10,21)16(26,27)14(9,22)23/h7-10H,1-6H2. The van der Waals surface area contributed by atoms with Gasteiger partial charge >= 0.3 is 0 Å². The summed E-state index contributed by atoms with van der Waals surface area (Å²) in [5.41, 5.74) is 0. The van der Waals surface area contributed by atoms with Gasteiger partial charge in [0.25, 0.3) is 0 Å². The molecule has 0 saturated heterocycles. The highest BCUT2D eigenvalue weighted by Gasteiger charge is 2.95. The van der Waals surface area contributed by atoms with E-state index in [9.17, 15) is 0 Å². The zero-order chi connectivity index (χ0) is 22.1. The van der Waals surface area contributed by atoms with Crippen LogP contribution < -0.4 is 0 Å². The zero-order valence-corrected chi connectivity index (χ0v) is 23.7. The average Bonchev–Trinajstić information content (AvgIpc) is 3.18. The Morgan fingerprint density at radius 2 is 1.21 bits per heavy atom. The van der Waals surface area contributed by atoms with Gasteiger partial charge in [0.2, 0.25) is 0 Å². The van der Waals surface area contributed by atoms with Crippen molar-refractivity contribution in [1.82, 2.24) is 0 Å². The Morgan fingerprint density at radius 3 is 1.79 bits per heavy atom. The summed E-state index contributed by atoms with van der Waals surface area (Å²) < 4.78 is -8.28. The molecule has 0 aliphatic heterocycles. The molecular weight excluding hydrogens is 630 g/mol. The lowest BCUT2D eigenvalue weighted by Crippen LogP contribution is -2.79. The molecule has 4 aliphatic carbocycles. The van der Waals surface area contributed by atoms with Crippen molar-refractivity contribution in [1.29, 1.82) is 0 Å². The summed E-state index contributed by atoms with van der Waals surface area (Å²) in [4.78, 5) is -4.45. The van der Waals surface area contributed by atoms with E-state index in [-0.39, 0.29) is 18.3 Å². The SMILES string of the molecule is ClC1CC2CCCCC2C2C3(Cl)CC3(Cl)C(Cl)(Cl)C(Cl)(Cl)C2(Cl)C(Cl)(Cl)C1(Cl)Cl. The molecule has 0 spiro atoms. The van der Waals surface area contributed by atoms with Crippen molar-refractivity contribution in [2.45, 2.75) is 75.9 Å². The topological polar surface area (TPSA) is 0 Å². The smallest absolute Gasteiger partial charge is 0.120 e. The molecule has 4 saturated carbocycles. The lowest BCUT2D eigenvalue weighted by Gasteiger charge is -2.65. The van der Waals surface area contributed by atoms with Crippen LogP contribution in [0.3, 0.4) is 0 Å². The Labute approximate surface area is 230 Å². The fourth-order valence-corrected chi connectivity index (χ4v) is 11.7. The summed E-state index contributed by atoms with van der Waals surface area (Å²) in [5, 5.41) is -0.833. The first-order valence-electron chi connectivity index (χ1n) is 9.17. The van der Waals surface area contributed by atoms with Crippen LogP contribution in [0.5, 0.6) is 0 Å². The zero-order valence-electron chi connectivity index (χ0n) is 14.6. The van der Waals surface area contributed by atoms with Gasteiger partial charge in [-0.1, -0.05) is 112 Å². The molecule has 4 fully saturated rings. The number of hydrogen-bond donors (Lipinski definition) is 0. The van der Waals surface area contributed by atoms with Crippen molar-refractivity contribution >= 4 is 139 Å². The van der Waals surface area contributed by atoms with Crippen LogP contribution in [0.4, 0.5) is 0 Å². The number of fused-ring (bicyclic) bond motifs is 5. The highest BCUT2D eigenvalue weighted by atomic mass is 35.6. The molecule has 0 N–H and O–H groups in total. The van der Waals surface area contributed by atoms with Gasteiger partial charge in [0.15, 0.2) is 17.3 Å². The van der Waals surface area contributed by atoms with Crippen molar-refractivity contribution in [3.05, 3.63) is 0 Å². The van der Waals surface area contributed by atoms with E-state index in [0.29, 0.717) is 6.42 Å². The Bertz CT molecular complexity index is 721. The average molecular weight is 646 g/mol. The second kappa shape index (κ2) is 7.26. The maximum atomic E-state index is 7.30. The van der Waals surface area contributed by atoms with Crippen LogP contribution >= 0.6 is 139 Å². The Balaban J connectivity index is 2.04. The fraction of sp³-hybridized carbons (Fsp3) is 1.00. The third kappa shape index (κ3) is 2.82. The summed E-state index contributed by atoms with van der Waals surface area (Å²) in [6, 6.07) is 0. The van der Waals surface area contributed by atoms with Crippen LogP contribution in [0.15, 0.2) is 0 Å². The maximum Gasteiger partial charge on any atom is 0.175 e. The highest BCUT2D eigenvalue weighted by Crippen LogP contribution is 2.86. The number of hydrogen-bond acceptors (Lipinski definition) is 0. The minimum atomic E-state index is -2.18. The van der Waals surface area contributed by atoms with Gasteiger partial charge in [-0.25, -0.2) is 0 Å². The van der Waals surface area contributed by atoms with Crippen LogP contribution in [0.25, 0.3) is 0 Å². The van der Waals surface area contributed by atoms with E-state index in [1.807, 2.05) is 0 Å². The fourth-order valence-electron chi connectivity index (χ4n) is 5.87. The molecule has 0 heterocycles. The lowest BCUT2D eigenvalue weighted by atomic mass is 9.58. The minimum Gasteiger partial charge on any atom is -0.120 e. The molecule has 4 aliphatic rings. The van der Waals surface area contributed by atoms with Crippen LogP contribution in [-0.4, -0.2) is 37.3 Å². The van der Waals surface area contributed by atoms with E-state index in [1.54, 1.807) is 0 Å². The minimum absolute atomic E-state index is 0.0664. The van der Waals surface area contributed by atoms with Gasteiger partial charge in [0.1, 0.15) is 9.75 Å². The number of rotatable bonds is 0. The Morgan fingerprint density at radius 1 is 0.655 bits per heavy atom. The van der Waals surface area contributed by atoms with E-state index in [0.717, 1.165) is 25.7 Å². The molecule has 7 atom stereocenters. The molecule has 7 unspecified atom stereocenters. The van der Waals surface area contributed by atoms with Crippen LogP contribution in [0, 0.1) is 17.8 Å². The van der Waals surface area contributed by atoms with Crippen molar-refractivity contribution in [2.75, 3.05) is 0 Å². The van der Waals surface area contributed by atoms with E-state index in [1.165, 1.54) is 0 Å². The Hall–Kier alpha value is 3.48. The summed E-state index contributed by atoms with van der Waals surface area (Å²) in [6.45, 7) is 0. The molecule has 0 nitrogen and oxygen atoms in total. The molecule has 0 radical (unpaired) electrons. The van der Waals surface area contributed by atoms with Gasteiger partial charge in [-0.3, -0.25) is 0 Å². The predicted octanol–water partition coefficient (Wildman–Crippen LogP) is 9.47. The molecule has 0 aromatic rings. The van der Waals surface area contributed by atoms with E-state index < -0.39 is 43.3 Å². The quantitative estimate of drug-likeness (QED) is 0.230. The van der Waals surface area contributed by atoms with Gasteiger partial charge in [0.05, 0.1) is 10.3 Å². The molecule has 168 valence electrons. The Kier molecular flexibility index (Phi) is 6.40. The molecule has 0 amide bonds. The van der Waals surface area contributed by atoms with Gasteiger partial charge in [-0.05, 0) is 31.1 Å². The molecule has 29 heavy (non-hydrogen) atoms. The molecule has 0 aromatic carbocycles. The van der Waals surface area contributed by atoms with Crippen molar-refractivity contribution in [2.24, 2.45) is 17.8 Å². The first kappa shape index (κ1) is 25.6. The predicted molar refractivity (Wildman–Crippen MR) is 131 cm³/mol. The van der Waals surface area contributed by atoms with Gasteiger partial charge in [-0.2, -0.15) is 0 Å². The highest BCUT2D eigenvalue weighted by molar-refractivity contribution is 6.73. The van der Waals surface area contributed by atoms with Crippen molar-refractivity contribution in [3.8, 4) is 0 Å². The molecule has 12 heteroatoms. The summed E-state index contributed by atoms with van der Waals surface area (Å²) in [7, 11) is 0. The maximum absolute atomic E-state index is 7.30. The molecule has 4 rings (SSSR count). The first-order chi connectivity index (χ1) is 13.0. The third-order valence-corrected chi connectivity index (χ3v) is 16.6. The lowest BCUT2D eigenvalue weighted by molar-refractivity contribution is 0.0601. The third-order valence-electron chi connectivity index (χ3n) is 7.48. The second-order valence-electron chi connectivity index (χ2n) is 8.79. The van der Waals surface area contributed by atoms with Gasteiger partial charge in [0, 0.05) is 5.92 Å². The van der Waals surface area contributed by atoms with E-state index >= 15 is 0 Å². The number of halogens is 12. The molecular formula is C17H16Cl12. The number of alkyl halides is 12. The summed E-state index contributed by atoms with van der Waals surface area (Å²) in [5.74, 6) is -0.629. The second-order valence-corrected chi connectivity index (χ2v) is 16.6. The van der Waals surface area contributed by atoms with Crippen molar-refractivity contribution in [3.63, 3.8) is 0 Å². The normalized spacial score (nSPS) is 54.2. The first-order valence-corrected chi connectivity index (χ1v) is 13.8. The molecule has 0 bridgehead atoms. The van der Waals surface area contributed by atoms with Crippen LogP contribution in [0.2, 0.25) is 0 Å². The monoisotopic (exact) mass is 640 g/mol. The van der Waals surface area contributed by atoms with Gasteiger partial charge in [-0.15, -0.1) is 46.4 Å².